The number of fused-ring (bicyclic) bond motifs is 1. The number of rotatable bonds is 6. The van der Waals surface area contributed by atoms with Crippen molar-refractivity contribution in [2.24, 2.45) is 0 Å². The SMILES string of the molecule is CC(=O)Nc1sc2c(c1CN1CCN(CC=Cc3ccccc3)CC1)CCCC2. The van der Waals surface area contributed by atoms with Crippen LogP contribution < -0.4 is 5.32 Å². The van der Waals surface area contributed by atoms with E-state index in [4.69, 9.17) is 0 Å². The van der Waals surface area contributed by atoms with Gasteiger partial charge in [-0.25, -0.2) is 0 Å². The van der Waals surface area contributed by atoms with Gasteiger partial charge in [0.1, 0.15) is 0 Å². The molecule has 1 N–H and O–H groups in total. The van der Waals surface area contributed by atoms with E-state index in [9.17, 15) is 4.79 Å². The van der Waals surface area contributed by atoms with Crippen LogP contribution >= 0.6 is 11.3 Å². The number of aryl methyl sites for hydroxylation is 1. The Morgan fingerprint density at radius 1 is 1.07 bits per heavy atom. The first kappa shape index (κ1) is 20.3. The van der Waals surface area contributed by atoms with E-state index in [1.54, 1.807) is 6.92 Å². The molecule has 154 valence electrons. The standard InChI is InChI=1S/C24H31N3OS/c1-19(28)25-24-22(21-11-5-6-12-23(21)29-24)18-27-16-14-26(15-17-27)13-7-10-20-8-3-2-4-9-20/h2-4,7-10H,5-6,11-18H2,1H3,(H,25,28). The molecule has 2 aliphatic rings. The van der Waals surface area contributed by atoms with Crippen molar-refractivity contribution < 1.29 is 4.79 Å². The Hall–Kier alpha value is -1.95. The van der Waals surface area contributed by atoms with Gasteiger partial charge in [-0.1, -0.05) is 42.5 Å². The topological polar surface area (TPSA) is 35.6 Å². The molecule has 1 fully saturated rings. The first-order valence-electron chi connectivity index (χ1n) is 10.8. The number of carbonyl (C=O) groups is 1. The zero-order valence-electron chi connectivity index (χ0n) is 17.3. The van der Waals surface area contributed by atoms with Gasteiger partial charge in [0, 0.05) is 56.6 Å². The summed E-state index contributed by atoms with van der Waals surface area (Å²) in [5.41, 5.74) is 4.18. The molecular formula is C24H31N3OS. The minimum atomic E-state index is 0.0415. The molecule has 0 bridgehead atoms. The molecule has 1 saturated heterocycles. The summed E-state index contributed by atoms with van der Waals surface area (Å²) in [4.78, 5) is 18.3. The summed E-state index contributed by atoms with van der Waals surface area (Å²) in [6.45, 7) is 7.96. The lowest BCUT2D eigenvalue weighted by molar-refractivity contribution is -0.114. The highest BCUT2D eigenvalue weighted by molar-refractivity contribution is 7.16. The first-order valence-corrected chi connectivity index (χ1v) is 11.6. The molecule has 4 nitrogen and oxygen atoms in total. The number of benzene rings is 1. The second kappa shape index (κ2) is 9.70. The number of amides is 1. The Bertz CT molecular complexity index is 851. The lowest BCUT2D eigenvalue weighted by atomic mass is 9.95. The van der Waals surface area contributed by atoms with Crippen LogP contribution in [0.4, 0.5) is 5.00 Å². The van der Waals surface area contributed by atoms with E-state index >= 15 is 0 Å². The predicted molar refractivity (Wildman–Crippen MR) is 122 cm³/mol. The Kier molecular flexibility index (Phi) is 6.80. The average molecular weight is 410 g/mol. The Morgan fingerprint density at radius 2 is 1.79 bits per heavy atom. The quantitative estimate of drug-likeness (QED) is 0.767. The number of carbonyl (C=O) groups excluding carboxylic acids is 1. The molecule has 0 atom stereocenters. The highest BCUT2D eigenvalue weighted by Crippen LogP contribution is 2.39. The maximum absolute atomic E-state index is 11.7. The smallest absolute Gasteiger partial charge is 0.221 e. The summed E-state index contributed by atoms with van der Waals surface area (Å²) in [6, 6.07) is 10.5. The molecule has 4 rings (SSSR count). The van der Waals surface area contributed by atoms with E-state index in [0.717, 1.165) is 44.3 Å². The van der Waals surface area contributed by atoms with Gasteiger partial charge >= 0.3 is 0 Å². The molecule has 0 saturated carbocycles. The van der Waals surface area contributed by atoms with Crippen LogP contribution in [0.5, 0.6) is 0 Å². The molecule has 29 heavy (non-hydrogen) atoms. The number of piperazine rings is 1. The minimum Gasteiger partial charge on any atom is -0.318 e. The van der Waals surface area contributed by atoms with Crippen molar-refractivity contribution in [3.05, 3.63) is 58.0 Å². The van der Waals surface area contributed by atoms with Crippen LogP contribution in [-0.4, -0.2) is 48.4 Å². The predicted octanol–water partition coefficient (Wildman–Crippen LogP) is 4.42. The molecule has 0 spiro atoms. The van der Waals surface area contributed by atoms with Crippen LogP contribution in [0.25, 0.3) is 6.08 Å². The monoisotopic (exact) mass is 409 g/mol. The van der Waals surface area contributed by atoms with Crippen molar-refractivity contribution in [1.82, 2.24) is 9.80 Å². The fraction of sp³-hybridized carbons (Fsp3) is 0.458. The third-order valence-electron chi connectivity index (χ3n) is 5.89. The number of anilines is 1. The Labute approximate surface area is 178 Å². The molecule has 1 amide bonds. The molecular weight excluding hydrogens is 378 g/mol. The van der Waals surface area contributed by atoms with E-state index in [2.05, 4.69) is 57.6 Å². The third-order valence-corrected chi connectivity index (χ3v) is 7.14. The van der Waals surface area contributed by atoms with E-state index in [1.165, 1.54) is 47.3 Å². The van der Waals surface area contributed by atoms with Crippen molar-refractivity contribution in [3.8, 4) is 0 Å². The minimum absolute atomic E-state index is 0.0415. The summed E-state index contributed by atoms with van der Waals surface area (Å²) in [5, 5.41) is 4.20. The van der Waals surface area contributed by atoms with Gasteiger partial charge in [-0.05, 0) is 36.8 Å². The number of nitrogens with zero attached hydrogens (tertiary/aromatic N) is 2. The van der Waals surface area contributed by atoms with Crippen molar-refractivity contribution in [1.29, 1.82) is 0 Å². The molecule has 1 aromatic carbocycles. The van der Waals surface area contributed by atoms with Gasteiger partial charge in [0.15, 0.2) is 0 Å². The van der Waals surface area contributed by atoms with Crippen LogP contribution in [0.15, 0.2) is 36.4 Å². The van der Waals surface area contributed by atoms with Gasteiger partial charge in [-0.2, -0.15) is 0 Å². The summed E-state index contributed by atoms with van der Waals surface area (Å²) in [6.07, 6.45) is 9.39. The maximum Gasteiger partial charge on any atom is 0.221 e. The van der Waals surface area contributed by atoms with Crippen LogP contribution in [0.1, 0.15) is 41.3 Å². The lowest BCUT2D eigenvalue weighted by Gasteiger charge is -2.34. The molecule has 0 unspecified atom stereocenters. The number of thiophene rings is 1. The first-order chi connectivity index (χ1) is 14.2. The van der Waals surface area contributed by atoms with Crippen LogP contribution in [0.3, 0.4) is 0 Å². The normalized spacial score (nSPS) is 18.1. The highest BCUT2D eigenvalue weighted by atomic mass is 32.1. The van der Waals surface area contributed by atoms with Crippen molar-refractivity contribution in [3.63, 3.8) is 0 Å². The molecule has 0 radical (unpaired) electrons. The maximum atomic E-state index is 11.7. The van der Waals surface area contributed by atoms with Gasteiger partial charge in [0.2, 0.25) is 5.91 Å². The highest BCUT2D eigenvalue weighted by Gasteiger charge is 2.24. The summed E-state index contributed by atoms with van der Waals surface area (Å²) >= 11 is 1.81. The van der Waals surface area contributed by atoms with Gasteiger partial charge < -0.3 is 5.32 Å². The lowest BCUT2D eigenvalue weighted by Crippen LogP contribution is -2.45. The Morgan fingerprint density at radius 3 is 2.55 bits per heavy atom. The van der Waals surface area contributed by atoms with E-state index in [-0.39, 0.29) is 5.91 Å². The van der Waals surface area contributed by atoms with Crippen molar-refractivity contribution in [2.45, 2.75) is 39.2 Å². The average Bonchev–Trinajstić information content (AvgIpc) is 3.06. The second-order valence-corrected chi connectivity index (χ2v) is 9.19. The molecule has 1 aliphatic carbocycles. The zero-order valence-corrected chi connectivity index (χ0v) is 18.1. The number of nitrogens with one attached hydrogen (secondary N) is 1. The van der Waals surface area contributed by atoms with E-state index in [0.29, 0.717) is 0 Å². The van der Waals surface area contributed by atoms with Gasteiger partial charge in [-0.3, -0.25) is 14.6 Å². The van der Waals surface area contributed by atoms with Crippen molar-refractivity contribution >= 4 is 28.3 Å². The van der Waals surface area contributed by atoms with Gasteiger partial charge in [-0.15, -0.1) is 11.3 Å². The third kappa shape index (κ3) is 5.35. The Balaban J connectivity index is 1.33. The molecule has 2 heterocycles. The van der Waals surface area contributed by atoms with E-state index in [1.807, 2.05) is 11.3 Å². The molecule has 2 aromatic rings. The summed E-state index contributed by atoms with van der Waals surface area (Å²) in [5.74, 6) is 0.0415. The van der Waals surface area contributed by atoms with E-state index < -0.39 is 0 Å². The second-order valence-electron chi connectivity index (χ2n) is 8.09. The summed E-state index contributed by atoms with van der Waals surface area (Å²) in [7, 11) is 0. The van der Waals surface area contributed by atoms with Crippen LogP contribution in [-0.2, 0) is 24.2 Å². The van der Waals surface area contributed by atoms with Crippen LogP contribution in [0, 0.1) is 0 Å². The fourth-order valence-electron chi connectivity index (χ4n) is 4.31. The van der Waals surface area contributed by atoms with Crippen molar-refractivity contribution in [2.75, 3.05) is 38.0 Å². The molecule has 1 aromatic heterocycles. The van der Waals surface area contributed by atoms with Gasteiger partial charge in [0.25, 0.3) is 0 Å². The zero-order chi connectivity index (χ0) is 20.1. The van der Waals surface area contributed by atoms with Crippen LogP contribution in [0.2, 0.25) is 0 Å². The fourth-order valence-corrected chi connectivity index (χ4v) is 5.66. The molecule has 5 heteroatoms. The molecule has 1 aliphatic heterocycles. The largest absolute Gasteiger partial charge is 0.318 e. The summed E-state index contributed by atoms with van der Waals surface area (Å²) < 4.78 is 0. The van der Waals surface area contributed by atoms with Gasteiger partial charge in [0.05, 0.1) is 5.00 Å². The number of hydrogen-bond acceptors (Lipinski definition) is 4. The number of hydrogen-bond donors (Lipinski definition) is 1.